The van der Waals surface area contributed by atoms with Gasteiger partial charge in [0.2, 0.25) is 0 Å². The molecular weight excluding hydrogens is 421 g/mol. The molecule has 0 saturated heterocycles. The molecule has 0 radical (unpaired) electrons. The van der Waals surface area contributed by atoms with Gasteiger partial charge in [-0.25, -0.2) is 0 Å². The molecule has 0 aliphatic heterocycles. The average Bonchev–Trinajstić information content (AvgIpc) is 2.67. The van der Waals surface area contributed by atoms with Crippen LogP contribution < -0.4 is 9.47 Å². The third kappa shape index (κ3) is 11.1. The molecular formula is C24H37Cl2NO3. The molecule has 0 atom stereocenters. The fourth-order valence-corrected chi connectivity index (χ4v) is 3.12. The topological polar surface area (TPSA) is 40.0 Å². The standard InChI is InChI=1S/C24H37Cl2NO3/c1-6-11-20-16-21(28-15-12-23(25)26)17-22(18(2)3)24(20)29-13-9-7-8-10-14-30-27-19(4)5/h12,16-18H,6-11,13-15H2,1-5H3. The van der Waals surface area contributed by atoms with Gasteiger partial charge < -0.3 is 14.3 Å². The highest BCUT2D eigenvalue weighted by Crippen LogP contribution is 2.35. The van der Waals surface area contributed by atoms with Crippen molar-refractivity contribution in [1.82, 2.24) is 0 Å². The fourth-order valence-electron chi connectivity index (χ4n) is 3.00. The summed E-state index contributed by atoms with van der Waals surface area (Å²) in [6.45, 7) is 12.1. The van der Waals surface area contributed by atoms with Crippen LogP contribution in [0.4, 0.5) is 0 Å². The van der Waals surface area contributed by atoms with Crippen molar-refractivity contribution in [2.24, 2.45) is 5.16 Å². The molecule has 0 bridgehead atoms. The predicted octanol–water partition coefficient (Wildman–Crippen LogP) is 7.81. The normalized spacial score (nSPS) is 10.7. The molecule has 0 aliphatic carbocycles. The minimum Gasteiger partial charge on any atom is -0.493 e. The summed E-state index contributed by atoms with van der Waals surface area (Å²) >= 11 is 11.4. The lowest BCUT2D eigenvalue weighted by Gasteiger charge is -2.20. The van der Waals surface area contributed by atoms with Gasteiger partial charge in [0.15, 0.2) is 0 Å². The third-order valence-electron chi connectivity index (χ3n) is 4.42. The summed E-state index contributed by atoms with van der Waals surface area (Å²) < 4.78 is 12.3. The van der Waals surface area contributed by atoms with E-state index < -0.39 is 0 Å². The van der Waals surface area contributed by atoms with Crippen LogP contribution in [0, 0.1) is 0 Å². The number of rotatable bonds is 15. The van der Waals surface area contributed by atoms with E-state index >= 15 is 0 Å². The maximum absolute atomic E-state index is 6.28. The maximum atomic E-state index is 6.28. The molecule has 4 nitrogen and oxygen atoms in total. The largest absolute Gasteiger partial charge is 0.493 e. The van der Waals surface area contributed by atoms with Gasteiger partial charge in [0.05, 0.1) is 12.3 Å². The van der Waals surface area contributed by atoms with Crippen LogP contribution in [-0.4, -0.2) is 25.5 Å². The van der Waals surface area contributed by atoms with E-state index in [2.05, 4.69) is 38.1 Å². The number of aryl methyl sites for hydroxylation is 1. The van der Waals surface area contributed by atoms with Crippen molar-refractivity contribution >= 4 is 28.9 Å². The monoisotopic (exact) mass is 457 g/mol. The Hall–Kier alpha value is -1.39. The minimum absolute atomic E-state index is 0.215. The molecule has 0 N–H and O–H groups in total. The van der Waals surface area contributed by atoms with Crippen LogP contribution in [0.3, 0.4) is 0 Å². The summed E-state index contributed by atoms with van der Waals surface area (Å²) in [6, 6.07) is 4.15. The van der Waals surface area contributed by atoms with Crippen LogP contribution in [0.25, 0.3) is 0 Å². The van der Waals surface area contributed by atoms with Crippen molar-refractivity contribution < 1.29 is 14.3 Å². The Kier molecular flexibility index (Phi) is 13.7. The molecule has 0 fully saturated rings. The van der Waals surface area contributed by atoms with Gasteiger partial charge in [0.25, 0.3) is 0 Å². The summed E-state index contributed by atoms with van der Waals surface area (Å²) in [6.07, 6.45) is 7.91. The number of oxime groups is 1. The van der Waals surface area contributed by atoms with Gasteiger partial charge in [0, 0.05) is 5.56 Å². The van der Waals surface area contributed by atoms with Gasteiger partial charge in [-0.05, 0) is 75.6 Å². The Balaban J connectivity index is 2.65. The Bertz CT molecular complexity index is 679. The van der Waals surface area contributed by atoms with Crippen molar-refractivity contribution in [1.29, 1.82) is 0 Å². The maximum Gasteiger partial charge on any atom is 0.126 e. The van der Waals surface area contributed by atoms with Crippen molar-refractivity contribution in [3.63, 3.8) is 0 Å². The van der Waals surface area contributed by atoms with Gasteiger partial charge in [-0.3, -0.25) is 0 Å². The van der Waals surface area contributed by atoms with Crippen LogP contribution in [0.15, 0.2) is 27.9 Å². The van der Waals surface area contributed by atoms with Gasteiger partial charge in [0.1, 0.15) is 29.2 Å². The minimum atomic E-state index is 0.215. The Morgan fingerprint density at radius 2 is 1.73 bits per heavy atom. The first-order valence-corrected chi connectivity index (χ1v) is 11.7. The predicted molar refractivity (Wildman–Crippen MR) is 129 cm³/mol. The smallest absolute Gasteiger partial charge is 0.126 e. The molecule has 30 heavy (non-hydrogen) atoms. The van der Waals surface area contributed by atoms with E-state index in [4.69, 9.17) is 37.5 Å². The highest BCUT2D eigenvalue weighted by Gasteiger charge is 2.15. The zero-order chi connectivity index (χ0) is 22.4. The lowest BCUT2D eigenvalue weighted by Crippen LogP contribution is -2.06. The molecule has 0 aliphatic rings. The van der Waals surface area contributed by atoms with Crippen molar-refractivity contribution in [2.45, 2.75) is 79.1 Å². The number of unbranched alkanes of at least 4 members (excludes halogenated alkanes) is 3. The quantitative estimate of drug-likeness (QED) is 0.153. The van der Waals surface area contributed by atoms with E-state index in [1.807, 2.05) is 13.8 Å². The summed E-state index contributed by atoms with van der Waals surface area (Å²) in [7, 11) is 0. The number of benzene rings is 1. The number of nitrogens with zero attached hydrogens (tertiary/aromatic N) is 1. The van der Waals surface area contributed by atoms with E-state index in [9.17, 15) is 0 Å². The summed E-state index contributed by atoms with van der Waals surface area (Å²) in [4.78, 5) is 5.23. The van der Waals surface area contributed by atoms with Gasteiger partial charge in [-0.1, -0.05) is 55.5 Å². The lowest BCUT2D eigenvalue weighted by molar-refractivity contribution is 0.139. The molecule has 0 unspecified atom stereocenters. The van der Waals surface area contributed by atoms with E-state index in [1.54, 1.807) is 6.08 Å². The highest BCUT2D eigenvalue weighted by molar-refractivity contribution is 6.55. The van der Waals surface area contributed by atoms with Crippen molar-refractivity contribution in [3.8, 4) is 11.5 Å². The molecule has 1 aromatic carbocycles. The highest BCUT2D eigenvalue weighted by atomic mass is 35.5. The second kappa shape index (κ2) is 15.4. The van der Waals surface area contributed by atoms with Crippen LogP contribution in [0.2, 0.25) is 0 Å². The van der Waals surface area contributed by atoms with Crippen molar-refractivity contribution in [2.75, 3.05) is 19.8 Å². The van der Waals surface area contributed by atoms with Crippen LogP contribution >= 0.6 is 23.2 Å². The van der Waals surface area contributed by atoms with Crippen LogP contribution in [0.1, 0.15) is 83.8 Å². The zero-order valence-electron chi connectivity index (χ0n) is 19.1. The number of hydrogen-bond acceptors (Lipinski definition) is 4. The SMILES string of the molecule is CCCc1cc(OCC=C(Cl)Cl)cc(C(C)C)c1OCCCCCCON=C(C)C. The number of halogens is 2. The Morgan fingerprint density at radius 1 is 1.03 bits per heavy atom. The first-order valence-electron chi connectivity index (χ1n) is 10.9. The molecule has 0 aromatic heterocycles. The number of hydrogen-bond donors (Lipinski definition) is 0. The molecule has 170 valence electrons. The average molecular weight is 458 g/mol. The molecule has 0 amide bonds. The van der Waals surface area contributed by atoms with Crippen LogP contribution in [0.5, 0.6) is 11.5 Å². The van der Waals surface area contributed by atoms with E-state index in [-0.39, 0.29) is 4.49 Å². The van der Waals surface area contributed by atoms with Crippen molar-refractivity contribution in [3.05, 3.63) is 33.8 Å². The summed E-state index contributed by atoms with van der Waals surface area (Å²) in [5.74, 6) is 2.18. The van der Waals surface area contributed by atoms with Gasteiger partial charge >= 0.3 is 0 Å². The van der Waals surface area contributed by atoms with Gasteiger partial charge in [-0.2, -0.15) is 0 Å². The molecule has 0 saturated carbocycles. The van der Waals surface area contributed by atoms with Gasteiger partial charge in [-0.15, -0.1) is 0 Å². The first-order chi connectivity index (χ1) is 14.3. The molecule has 1 aromatic rings. The zero-order valence-corrected chi connectivity index (χ0v) is 20.6. The second-order valence-electron chi connectivity index (χ2n) is 7.84. The fraction of sp³-hybridized carbons (Fsp3) is 0.625. The molecule has 0 spiro atoms. The molecule has 0 heterocycles. The van der Waals surface area contributed by atoms with E-state index in [0.29, 0.717) is 25.7 Å². The molecule has 1 rings (SSSR count). The Labute approximate surface area is 192 Å². The Morgan fingerprint density at radius 3 is 2.33 bits per heavy atom. The lowest BCUT2D eigenvalue weighted by atomic mass is 9.96. The first kappa shape index (κ1) is 26.6. The van der Waals surface area contributed by atoms with Crippen LogP contribution in [-0.2, 0) is 11.3 Å². The number of ether oxygens (including phenoxy) is 2. The second-order valence-corrected chi connectivity index (χ2v) is 8.85. The van der Waals surface area contributed by atoms with E-state index in [0.717, 1.165) is 55.7 Å². The molecule has 6 heteroatoms. The summed E-state index contributed by atoms with van der Waals surface area (Å²) in [5, 5.41) is 3.95. The third-order valence-corrected chi connectivity index (χ3v) is 4.73. The summed E-state index contributed by atoms with van der Waals surface area (Å²) in [5.41, 5.74) is 3.32. The van der Waals surface area contributed by atoms with E-state index in [1.165, 1.54) is 11.1 Å².